The molecule has 9 heteroatoms. The number of nitrogens with zero attached hydrogens (tertiary/aromatic N) is 2. The van der Waals surface area contributed by atoms with E-state index in [0.717, 1.165) is 0 Å². The van der Waals surface area contributed by atoms with Gasteiger partial charge in [0.2, 0.25) is 5.84 Å². The van der Waals surface area contributed by atoms with Crippen molar-refractivity contribution in [2.75, 3.05) is 23.1 Å². The molecule has 2 N–H and O–H groups in total. The van der Waals surface area contributed by atoms with Crippen LogP contribution in [0, 0.1) is 0 Å². The highest BCUT2D eigenvalue weighted by atomic mass is 32.2. The van der Waals surface area contributed by atoms with E-state index in [4.69, 9.17) is 0 Å². The van der Waals surface area contributed by atoms with Gasteiger partial charge in [0, 0.05) is 6.04 Å². The van der Waals surface area contributed by atoms with Crippen LogP contribution in [0.15, 0.2) is 35.3 Å². The minimum atomic E-state index is -3.07. The summed E-state index contributed by atoms with van der Waals surface area (Å²) in [6.45, 7) is -0.145. The van der Waals surface area contributed by atoms with E-state index < -0.39 is 21.8 Å². The van der Waals surface area contributed by atoms with Crippen molar-refractivity contribution in [3.05, 3.63) is 30.3 Å². The van der Waals surface area contributed by atoms with Gasteiger partial charge in [-0.1, -0.05) is 18.2 Å². The van der Waals surface area contributed by atoms with E-state index in [1.54, 1.807) is 24.3 Å². The fourth-order valence-electron chi connectivity index (χ4n) is 2.49. The van der Waals surface area contributed by atoms with Crippen molar-refractivity contribution in [3.63, 3.8) is 0 Å². The molecule has 122 valence electrons. The minimum Gasteiger partial charge on any atom is -0.346 e. The highest BCUT2D eigenvalue weighted by Gasteiger charge is 2.31. The van der Waals surface area contributed by atoms with Crippen molar-refractivity contribution >= 4 is 33.2 Å². The third-order valence-electron chi connectivity index (χ3n) is 3.64. The van der Waals surface area contributed by atoms with Crippen molar-refractivity contribution in [1.82, 2.24) is 10.7 Å². The third-order valence-corrected chi connectivity index (χ3v) is 5.40. The van der Waals surface area contributed by atoms with Crippen LogP contribution in [0.25, 0.3) is 0 Å². The molecule has 3 rings (SSSR count). The van der Waals surface area contributed by atoms with Crippen molar-refractivity contribution in [2.24, 2.45) is 4.99 Å². The smallest absolute Gasteiger partial charge is 0.288 e. The van der Waals surface area contributed by atoms with Gasteiger partial charge < -0.3 is 5.32 Å². The molecule has 1 aromatic rings. The largest absolute Gasteiger partial charge is 0.346 e. The molecule has 2 aliphatic rings. The number of hydrazine groups is 1. The Morgan fingerprint density at radius 1 is 1.30 bits per heavy atom. The van der Waals surface area contributed by atoms with Crippen LogP contribution in [0.3, 0.4) is 0 Å². The first-order valence-electron chi connectivity index (χ1n) is 7.15. The lowest BCUT2D eigenvalue weighted by Gasteiger charge is -2.28. The maximum absolute atomic E-state index is 12.2. The number of aliphatic imine (C=N–C) groups is 1. The number of rotatable bonds is 3. The van der Waals surface area contributed by atoms with E-state index in [-0.39, 0.29) is 29.8 Å². The maximum Gasteiger partial charge on any atom is 0.288 e. The molecule has 1 atom stereocenters. The molecule has 1 aromatic carbocycles. The normalized spacial score (nSPS) is 23.1. The van der Waals surface area contributed by atoms with Gasteiger partial charge in [0.1, 0.15) is 6.54 Å². The number of para-hydroxylation sites is 1. The average Bonchev–Trinajstić information content (AvgIpc) is 2.87. The second kappa shape index (κ2) is 5.99. The van der Waals surface area contributed by atoms with Crippen LogP contribution in [0.5, 0.6) is 0 Å². The molecule has 8 nitrogen and oxygen atoms in total. The van der Waals surface area contributed by atoms with E-state index in [9.17, 15) is 18.0 Å². The fourth-order valence-corrected chi connectivity index (χ4v) is 4.17. The van der Waals surface area contributed by atoms with E-state index in [1.165, 1.54) is 5.01 Å². The topological polar surface area (TPSA) is 108 Å². The summed E-state index contributed by atoms with van der Waals surface area (Å²) in [7, 11) is -3.07. The zero-order valence-electron chi connectivity index (χ0n) is 12.2. The van der Waals surface area contributed by atoms with Gasteiger partial charge in [-0.15, -0.1) is 0 Å². The zero-order valence-corrected chi connectivity index (χ0v) is 13.0. The molecule has 23 heavy (non-hydrogen) atoms. The highest BCUT2D eigenvalue weighted by Crippen LogP contribution is 2.14. The van der Waals surface area contributed by atoms with Crippen LogP contribution in [0.1, 0.15) is 6.42 Å². The van der Waals surface area contributed by atoms with Gasteiger partial charge in [-0.25, -0.2) is 13.4 Å². The van der Waals surface area contributed by atoms with Crippen LogP contribution in [-0.4, -0.2) is 50.2 Å². The average molecular weight is 336 g/mol. The van der Waals surface area contributed by atoms with Gasteiger partial charge in [0.25, 0.3) is 11.8 Å². The molecule has 0 aliphatic carbocycles. The molecule has 2 aliphatic heterocycles. The number of nitrogens with one attached hydrogen (secondary N) is 2. The summed E-state index contributed by atoms with van der Waals surface area (Å²) >= 11 is 0. The van der Waals surface area contributed by atoms with Crippen LogP contribution >= 0.6 is 0 Å². The van der Waals surface area contributed by atoms with Crippen molar-refractivity contribution < 1.29 is 18.0 Å². The first-order valence-corrected chi connectivity index (χ1v) is 8.97. The van der Waals surface area contributed by atoms with E-state index in [2.05, 4.69) is 15.7 Å². The Balaban J connectivity index is 1.68. The Hall–Kier alpha value is -2.42. The zero-order chi connectivity index (χ0) is 16.4. The number of hydrogen-bond donors (Lipinski definition) is 2. The molecule has 0 saturated carbocycles. The molecule has 0 radical (unpaired) electrons. The molecule has 0 bridgehead atoms. The highest BCUT2D eigenvalue weighted by molar-refractivity contribution is 7.91. The van der Waals surface area contributed by atoms with Crippen molar-refractivity contribution in [2.45, 2.75) is 12.5 Å². The van der Waals surface area contributed by atoms with Gasteiger partial charge in [-0.05, 0) is 18.6 Å². The second-order valence-electron chi connectivity index (χ2n) is 5.41. The molecule has 1 fully saturated rings. The Morgan fingerprint density at radius 3 is 2.70 bits per heavy atom. The van der Waals surface area contributed by atoms with Crippen molar-refractivity contribution in [3.8, 4) is 0 Å². The third kappa shape index (κ3) is 3.50. The molecule has 0 spiro atoms. The molecular weight excluding hydrogens is 320 g/mol. The molecule has 1 unspecified atom stereocenters. The lowest BCUT2D eigenvalue weighted by molar-refractivity contribution is -0.118. The van der Waals surface area contributed by atoms with Crippen LogP contribution in [0.4, 0.5) is 5.69 Å². The number of amides is 2. The van der Waals surface area contributed by atoms with E-state index >= 15 is 0 Å². The number of anilines is 1. The summed E-state index contributed by atoms with van der Waals surface area (Å²) in [5.41, 5.74) is 3.28. The number of carbonyl (C=O) groups is 2. The van der Waals surface area contributed by atoms with Crippen LogP contribution in [0.2, 0.25) is 0 Å². The van der Waals surface area contributed by atoms with Crippen LogP contribution < -0.4 is 15.8 Å². The summed E-state index contributed by atoms with van der Waals surface area (Å²) in [5, 5.41) is 3.90. The van der Waals surface area contributed by atoms with Crippen LogP contribution in [-0.2, 0) is 19.4 Å². The van der Waals surface area contributed by atoms with Gasteiger partial charge in [-0.3, -0.25) is 20.0 Å². The quantitative estimate of drug-likeness (QED) is 0.754. The van der Waals surface area contributed by atoms with Gasteiger partial charge >= 0.3 is 0 Å². The predicted molar refractivity (Wildman–Crippen MR) is 84.6 cm³/mol. The van der Waals surface area contributed by atoms with E-state index in [0.29, 0.717) is 12.1 Å². The van der Waals surface area contributed by atoms with E-state index in [1.807, 2.05) is 6.07 Å². The Morgan fingerprint density at radius 2 is 2.04 bits per heavy atom. The first-order chi connectivity index (χ1) is 10.9. The predicted octanol–water partition coefficient (Wildman–Crippen LogP) is -0.760. The standard InChI is InChI=1S/C14H16N4O4S/c19-12-8-15-13(17-18(12)11-4-2-1-3-5-11)14(20)16-10-6-7-23(21,22)9-10/h1-5,10H,6-9H2,(H,15,17)(H,16,20). The summed E-state index contributed by atoms with van der Waals surface area (Å²) in [5.74, 6) is -0.783. The lowest BCUT2D eigenvalue weighted by Crippen LogP contribution is -2.56. The molecule has 2 amide bonds. The maximum atomic E-state index is 12.2. The summed E-state index contributed by atoms with van der Waals surface area (Å²) in [6, 6.07) is 8.42. The molecular formula is C14H16N4O4S. The van der Waals surface area contributed by atoms with Crippen molar-refractivity contribution in [1.29, 1.82) is 0 Å². The summed E-state index contributed by atoms with van der Waals surface area (Å²) < 4.78 is 22.9. The Labute approximate surface area is 133 Å². The van der Waals surface area contributed by atoms with Gasteiger partial charge in [0.15, 0.2) is 9.84 Å². The second-order valence-corrected chi connectivity index (χ2v) is 7.64. The fraction of sp³-hybridized carbons (Fsp3) is 0.357. The Bertz CT molecular complexity index is 760. The minimum absolute atomic E-state index is 0.00208. The molecule has 0 aromatic heterocycles. The summed E-state index contributed by atoms with van der Waals surface area (Å²) in [6.07, 6.45) is 0.392. The number of hydrogen-bond acceptors (Lipinski definition) is 6. The number of amidine groups is 1. The molecule has 2 heterocycles. The number of carbonyl (C=O) groups excluding carboxylic acids is 2. The van der Waals surface area contributed by atoms with Gasteiger partial charge in [0.05, 0.1) is 17.2 Å². The SMILES string of the molecule is O=C(NC1CCS(=O)(=O)C1)C1=NCC(=O)N(c2ccccc2)N1. The van der Waals surface area contributed by atoms with Gasteiger partial charge in [-0.2, -0.15) is 0 Å². The molecule has 1 saturated heterocycles. The first kappa shape index (κ1) is 15.5. The monoisotopic (exact) mass is 336 g/mol. The lowest BCUT2D eigenvalue weighted by atomic mass is 10.2. The Kier molecular flexibility index (Phi) is 4.03. The number of sulfone groups is 1. The summed E-state index contributed by atoms with van der Waals surface area (Å²) in [4.78, 5) is 28.1. The number of benzene rings is 1.